The van der Waals surface area contributed by atoms with Crippen LogP contribution in [0.5, 0.6) is 0 Å². The number of amides is 1. The maximum Gasteiger partial charge on any atom is 0.437 e. The van der Waals surface area contributed by atoms with Crippen molar-refractivity contribution in [2.24, 2.45) is 4.99 Å². The summed E-state index contributed by atoms with van der Waals surface area (Å²) in [5, 5.41) is 0. The fourth-order valence-corrected chi connectivity index (χ4v) is 1.77. The summed E-state index contributed by atoms with van der Waals surface area (Å²) >= 11 is 0. The lowest BCUT2D eigenvalue weighted by molar-refractivity contribution is -0.0249. The van der Waals surface area contributed by atoms with Crippen LogP contribution in [-0.4, -0.2) is 30.5 Å². The number of hydrogen-bond acceptors (Lipinski definition) is 5. The molecular formula is C15H17NO5. The summed E-state index contributed by atoms with van der Waals surface area (Å²) in [6.07, 6.45) is -0.747. The first-order valence-corrected chi connectivity index (χ1v) is 6.52. The van der Waals surface area contributed by atoms with Crippen molar-refractivity contribution in [3.05, 3.63) is 35.4 Å². The van der Waals surface area contributed by atoms with E-state index in [-0.39, 0.29) is 12.5 Å². The Morgan fingerprint density at radius 2 is 2.10 bits per heavy atom. The van der Waals surface area contributed by atoms with Gasteiger partial charge in [0.15, 0.2) is 6.29 Å². The maximum absolute atomic E-state index is 11.6. The number of ether oxygens (including phenoxy) is 3. The molecule has 1 aromatic rings. The SMILES string of the molecule is CC(C)(C)OC(=O)N=C1COC(c2ccccc2C=O)O1. The predicted octanol–water partition coefficient (Wildman–Crippen LogP) is 2.88. The first-order valence-electron chi connectivity index (χ1n) is 6.52. The third-order valence-electron chi connectivity index (χ3n) is 2.59. The second-order valence-electron chi connectivity index (χ2n) is 5.49. The van der Waals surface area contributed by atoms with Crippen LogP contribution >= 0.6 is 0 Å². The Morgan fingerprint density at radius 1 is 1.38 bits per heavy atom. The largest absolute Gasteiger partial charge is 0.445 e. The monoisotopic (exact) mass is 291 g/mol. The minimum absolute atomic E-state index is 0.0527. The second kappa shape index (κ2) is 6.05. The molecule has 1 unspecified atom stereocenters. The summed E-state index contributed by atoms with van der Waals surface area (Å²) in [5.41, 5.74) is 0.451. The zero-order chi connectivity index (χ0) is 15.5. The van der Waals surface area contributed by atoms with E-state index in [9.17, 15) is 9.59 Å². The molecule has 0 aliphatic carbocycles. The summed E-state index contributed by atoms with van der Waals surface area (Å²) in [6, 6.07) is 6.92. The van der Waals surface area contributed by atoms with E-state index >= 15 is 0 Å². The molecule has 1 amide bonds. The Kier molecular flexibility index (Phi) is 4.37. The van der Waals surface area contributed by atoms with Gasteiger partial charge in [0.1, 0.15) is 12.2 Å². The molecule has 6 nitrogen and oxygen atoms in total. The predicted molar refractivity (Wildman–Crippen MR) is 75.3 cm³/mol. The smallest absolute Gasteiger partial charge is 0.437 e. The lowest BCUT2D eigenvalue weighted by atomic mass is 10.1. The zero-order valence-corrected chi connectivity index (χ0v) is 12.2. The Labute approximate surface area is 122 Å². The standard InChI is InChI=1S/C15H17NO5/c1-15(2,3)21-14(18)16-12-9-19-13(20-12)11-7-5-4-6-10(11)8-17/h4-8,13H,9H2,1-3H3. The number of rotatable bonds is 2. The molecule has 21 heavy (non-hydrogen) atoms. The lowest BCUT2D eigenvalue weighted by Gasteiger charge is -2.17. The van der Waals surface area contributed by atoms with E-state index in [0.29, 0.717) is 11.1 Å². The van der Waals surface area contributed by atoms with E-state index in [1.54, 1.807) is 45.0 Å². The van der Waals surface area contributed by atoms with Crippen molar-refractivity contribution < 1.29 is 23.8 Å². The van der Waals surface area contributed by atoms with Crippen molar-refractivity contribution in [2.45, 2.75) is 32.7 Å². The first-order chi connectivity index (χ1) is 9.89. The van der Waals surface area contributed by atoms with Crippen molar-refractivity contribution in [2.75, 3.05) is 6.61 Å². The van der Waals surface area contributed by atoms with Gasteiger partial charge < -0.3 is 14.2 Å². The highest BCUT2D eigenvalue weighted by Crippen LogP contribution is 2.26. The summed E-state index contributed by atoms with van der Waals surface area (Å²) in [7, 11) is 0. The van der Waals surface area contributed by atoms with Crippen LogP contribution in [-0.2, 0) is 14.2 Å². The molecule has 0 saturated carbocycles. The molecule has 1 aromatic carbocycles. The van der Waals surface area contributed by atoms with E-state index in [0.717, 1.165) is 6.29 Å². The van der Waals surface area contributed by atoms with Gasteiger partial charge in [0.05, 0.1) is 0 Å². The van der Waals surface area contributed by atoms with Gasteiger partial charge in [-0.2, -0.15) is 0 Å². The number of carbonyl (C=O) groups is 2. The van der Waals surface area contributed by atoms with Crippen LogP contribution in [0, 0.1) is 0 Å². The normalized spacial score (nSPS) is 20.1. The Morgan fingerprint density at radius 3 is 2.76 bits per heavy atom. The van der Waals surface area contributed by atoms with E-state index in [4.69, 9.17) is 14.2 Å². The maximum atomic E-state index is 11.6. The highest BCUT2D eigenvalue weighted by molar-refractivity contribution is 5.90. The average Bonchev–Trinajstić information content (AvgIpc) is 2.84. The summed E-state index contributed by atoms with van der Waals surface area (Å²) in [5.74, 6) is 0.134. The molecule has 0 aromatic heterocycles. The fraction of sp³-hybridized carbons (Fsp3) is 0.400. The van der Waals surface area contributed by atoms with Gasteiger partial charge in [0.25, 0.3) is 0 Å². The van der Waals surface area contributed by atoms with Gasteiger partial charge in [-0.05, 0) is 20.8 Å². The quantitative estimate of drug-likeness (QED) is 0.783. The molecule has 112 valence electrons. The van der Waals surface area contributed by atoms with Crippen LogP contribution in [0.4, 0.5) is 4.79 Å². The lowest BCUT2D eigenvalue weighted by Crippen LogP contribution is -2.22. The third-order valence-corrected chi connectivity index (χ3v) is 2.59. The number of carbonyl (C=O) groups excluding carboxylic acids is 2. The minimum Gasteiger partial charge on any atom is -0.445 e. The minimum atomic E-state index is -0.743. The molecule has 0 radical (unpaired) electrons. The molecule has 0 N–H and O–H groups in total. The van der Waals surface area contributed by atoms with E-state index in [1.807, 2.05) is 0 Å². The Hall–Kier alpha value is -2.21. The number of nitrogens with zero attached hydrogens (tertiary/aromatic N) is 1. The Bertz CT molecular complexity index is 574. The van der Waals surface area contributed by atoms with Crippen LogP contribution in [0.15, 0.2) is 29.3 Å². The van der Waals surface area contributed by atoms with Gasteiger partial charge in [-0.15, -0.1) is 4.99 Å². The molecule has 0 bridgehead atoms. The van der Waals surface area contributed by atoms with Gasteiger partial charge in [0, 0.05) is 11.1 Å². The molecule has 1 aliphatic heterocycles. The molecular weight excluding hydrogens is 274 g/mol. The van der Waals surface area contributed by atoms with Gasteiger partial charge in [-0.25, -0.2) is 4.79 Å². The van der Waals surface area contributed by atoms with Crippen LogP contribution in [0.2, 0.25) is 0 Å². The van der Waals surface area contributed by atoms with Crippen LogP contribution < -0.4 is 0 Å². The van der Waals surface area contributed by atoms with E-state index < -0.39 is 18.0 Å². The van der Waals surface area contributed by atoms with Crippen molar-refractivity contribution in [3.63, 3.8) is 0 Å². The van der Waals surface area contributed by atoms with Crippen LogP contribution in [0.1, 0.15) is 43.0 Å². The van der Waals surface area contributed by atoms with Crippen molar-refractivity contribution in [1.82, 2.24) is 0 Å². The van der Waals surface area contributed by atoms with Gasteiger partial charge in [0.2, 0.25) is 12.2 Å². The molecule has 1 atom stereocenters. The number of aldehydes is 1. The van der Waals surface area contributed by atoms with Crippen molar-refractivity contribution >= 4 is 18.3 Å². The number of aliphatic imine (C=N–C) groups is 1. The summed E-state index contributed by atoms with van der Waals surface area (Å²) < 4.78 is 15.9. The molecule has 2 rings (SSSR count). The number of hydrogen-bond donors (Lipinski definition) is 0. The highest BCUT2D eigenvalue weighted by Gasteiger charge is 2.27. The zero-order valence-electron chi connectivity index (χ0n) is 12.2. The topological polar surface area (TPSA) is 74.2 Å². The molecule has 1 heterocycles. The molecule has 1 saturated heterocycles. The van der Waals surface area contributed by atoms with Gasteiger partial charge in [-0.3, -0.25) is 4.79 Å². The fourth-order valence-electron chi connectivity index (χ4n) is 1.77. The van der Waals surface area contributed by atoms with Gasteiger partial charge >= 0.3 is 6.09 Å². The van der Waals surface area contributed by atoms with Crippen LogP contribution in [0.25, 0.3) is 0 Å². The summed E-state index contributed by atoms with van der Waals surface area (Å²) in [4.78, 5) is 26.3. The van der Waals surface area contributed by atoms with Gasteiger partial charge in [-0.1, -0.05) is 24.3 Å². The van der Waals surface area contributed by atoms with Crippen molar-refractivity contribution in [3.8, 4) is 0 Å². The molecule has 6 heteroatoms. The molecule has 1 fully saturated rings. The summed E-state index contributed by atoms with van der Waals surface area (Å²) in [6.45, 7) is 5.30. The van der Waals surface area contributed by atoms with Crippen LogP contribution in [0.3, 0.4) is 0 Å². The van der Waals surface area contributed by atoms with Crippen molar-refractivity contribution in [1.29, 1.82) is 0 Å². The molecule has 1 aliphatic rings. The average molecular weight is 291 g/mol. The third kappa shape index (κ3) is 4.13. The number of benzene rings is 1. The van der Waals surface area contributed by atoms with E-state index in [1.165, 1.54) is 0 Å². The Balaban J connectivity index is 2.07. The second-order valence-corrected chi connectivity index (χ2v) is 5.49. The van der Waals surface area contributed by atoms with E-state index in [2.05, 4.69) is 4.99 Å². The highest BCUT2D eigenvalue weighted by atomic mass is 16.7. The first kappa shape index (κ1) is 15.2. The molecule has 0 spiro atoms.